The van der Waals surface area contributed by atoms with Crippen LogP contribution in [0.25, 0.3) is 0 Å². The van der Waals surface area contributed by atoms with Gasteiger partial charge in [-0.25, -0.2) is 0 Å². The lowest BCUT2D eigenvalue weighted by Gasteiger charge is -2.05. The number of aliphatic imine (C=N–C) groups is 1. The van der Waals surface area contributed by atoms with Crippen molar-refractivity contribution in [3.05, 3.63) is 0 Å². The van der Waals surface area contributed by atoms with Crippen LogP contribution >= 0.6 is 0 Å². The van der Waals surface area contributed by atoms with Crippen LogP contribution in [-0.4, -0.2) is 38.4 Å². The van der Waals surface area contributed by atoms with Crippen LogP contribution in [0, 0.1) is 0 Å². The fraction of sp³-hybridized carbons (Fsp3) is 0.714. The van der Waals surface area contributed by atoms with Gasteiger partial charge in [0, 0.05) is 6.54 Å². The van der Waals surface area contributed by atoms with Crippen LogP contribution in [0.5, 0.6) is 0 Å². The van der Waals surface area contributed by atoms with E-state index in [4.69, 9.17) is 0 Å². The summed E-state index contributed by atoms with van der Waals surface area (Å²) in [6, 6.07) is -0.0189. The lowest BCUT2D eigenvalue weighted by Crippen LogP contribution is -2.31. The van der Waals surface area contributed by atoms with Crippen molar-refractivity contribution in [1.82, 2.24) is 5.32 Å². The summed E-state index contributed by atoms with van der Waals surface area (Å²) in [6.45, 7) is 4.15. The van der Waals surface area contributed by atoms with Crippen LogP contribution < -0.4 is 5.32 Å². The van der Waals surface area contributed by atoms with Gasteiger partial charge < -0.3 is 10.1 Å². The summed E-state index contributed by atoms with van der Waals surface area (Å²) in [5.41, 5.74) is 0. The minimum Gasteiger partial charge on any atom is -0.468 e. The number of nitrogens with one attached hydrogen (secondary N) is 1. The van der Waals surface area contributed by atoms with E-state index in [1.54, 1.807) is 0 Å². The SMILES string of the molecule is C=N[C@@H]1CN[C@H](C(=O)OC)C1. The van der Waals surface area contributed by atoms with E-state index < -0.39 is 0 Å². The highest BCUT2D eigenvalue weighted by Gasteiger charge is 2.28. The van der Waals surface area contributed by atoms with Gasteiger partial charge in [0.15, 0.2) is 0 Å². The number of hydrogen-bond donors (Lipinski definition) is 1. The molecule has 0 unspecified atom stereocenters. The molecular formula is C7H12N2O2. The first-order valence-electron chi connectivity index (χ1n) is 3.55. The van der Waals surface area contributed by atoms with Gasteiger partial charge in [0.1, 0.15) is 6.04 Å². The molecule has 1 aliphatic heterocycles. The van der Waals surface area contributed by atoms with Gasteiger partial charge in [-0.15, -0.1) is 0 Å². The van der Waals surface area contributed by atoms with Crippen LogP contribution in [0.2, 0.25) is 0 Å². The zero-order chi connectivity index (χ0) is 8.27. The van der Waals surface area contributed by atoms with Gasteiger partial charge in [-0.2, -0.15) is 0 Å². The number of nitrogens with zero attached hydrogens (tertiary/aromatic N) is 1. The maximum atomic E-state index is 10.9. The Hall–Kier alpha value is -0.900. The van der Waals surface area contributed by atoms with E-state index in [0.717, 1.165) is 6.54 Å². The van der Waals surface area contributed by atoms with Crippen molar-refractivity contribution < 1.29 is 9.53 Å². The molecule has 0 aliphatic carbocycles. The first kappa shape index (κ1) is 8.20. The maximum Gasteiger partial charge on any atom is 0.322 e. The second-order valence-corrected chi connectivity index (χ2v) is 2.56. The summed E-state index contributed by atoms with van der Waals surface area (Å²) in [4.78, 5) is 14.8. The Morgan fingerprint density at radius 3 is 3.00 bits per heavy atom. The third-order valence-corrected chi connectivity index (χ3v) is 1.85. The molecule has 0 radical (unpaired) electrons. The summed E-state index contributed by atoms with van der Waals surface area (Å²) in [5.74, 6) is -0.212. The van der Waals surface area contributed by atoms with E-state index in [2.05, 4.69) is 21.8 Å². The van der Waals surface area contributed by atoms with E-state index in [1.807, 2.05) is 0 Å². The molecule has 0 amide bonds. The number of methoxy groups -OCH3 is 1. The van der Waals surface area contributed by atoms with Gasteiger partial charge >= 0.3 is 5.97 Å². The molecule has 11 heavy (non-hydrogen) atoms. The van der Waals surface area contributed by atoms with Crippen molar-refractivity contribution in [2.75, 3.05) is 13.7 Å². The van der Waals surface area contributed by atoms with Crippen molar-refractivity contribution in [1.29, 1.82) is 0 Å². The van der Waals surface area contributed by atoms with Gasteiger partial charge in [-0.3, -0.25) is 9.79 Å². The number of esters is 1. The quantitative estimate of drug-likeness (QED) is 0.437. The third-order valence-electron chi connectivity index (χ3n) is 1.85. The Balaban J connectivity index is 2.41. The second-order valence-electron chi connectivity index (χ2n) is 2.56. The smallest absolute Gasteiger partial charge is 0.322 e. The summed E-state index contributed by atoms with van der Waals surface area (Å²) < 4.78 is 4.56. The standard InChI is InChI=1S/C7H12N2O2/c1-8-5-3-6(9-4-5)7(10)11-2/h5-6,9H,1,3-4H2,2H3/t5-,6-/m0/s1. The van der Waals surface area contributed by atoms with Crippen LogP contribution in [-0.2, 0) is 9.53 Å². The summed E-state index contributed by atoms with van der Waals surface area (Å²) >= 11 is 0. The van der Waals surface area contributed by atoms with Crippen molar-refractivity contribution in [2.45, 2.75) is 18.5 Å². The lowest BCUT2D eigenvalue weighted by molar-refractivity contribution is -0.142. The molecular weight excluding hydrogens is 144 g/mol. The molecule has 4 nitrogen and oxygen atoms in total. The van der Waals surface area contributed by atoms with Gasteiger partial charge in [0.2, 0.25) is 0 Å². The zero-order valence-corrected chi connectivity index (χ0v) is 6.54. The minimum atomic E-state index is -0.212. The molecule has 1 aliphatic rings. The third kappa shape index (κ3) is 1.77. The van der Waals surface area contributed by atoms with Crippen molar-refractivity contribution in [3.8, 4) is 0 Å². The Labute approximate surface area is 65.6 Å². The Morgan fingerprint density at radius 2 is 2.55 bits per heavy atom. The summed E-state index contributed by atoms with van der Waals surface area (Å²) in [6.07, 6.45) is 0.705. The van der Waals surface area contributed by atoms with Gasteiger partial charge in [0.05, 0.1) is 13.2 Å². The molecule has 1 heterocycles. The molecule has 0 bridgehead atoms. The topological polar surface area (TPSA) is 50.7 Å². The summed E-state index contributed by atoms with van der Waals surface area (Å²) in [7, 11) is 1.39. The Kier molecular flexibility index (Phi) is 2.59. The first-order chi connectivity index (χ1) is 5.27. The normalized spacial score (nSPS) is 29.9. The van der Waals surface area contributed by atoms with Crippen LogP contribution in [0.15, 0.2) is 4.99 Å². The lowest BCUT2D eigenvalue weighted by atomic mass is 10.2. The Morgan fingerprint density at radius 1 is 1.82 bits per heavy atom. The highest BCUT2D eigenvalue weighted by molar-refractivity contribution is 5.76. The average Bonchev–Trinajstić information content (AvgIpc) is 2.50. The molecule has 0 aromatic heterocycles. The first-order valence-corrected chi connectivity index (χ1v) is 3.55. The number of carbonyl (C=O) groups is 1. The molecule has 1 N–H and O–H groups in total. The Bertz CT molecular complexity index is 170. The fourth-order valence-corrected chi connectivity index (χ4v) is 1.18. The molecule has 0 aromatic rings. The molecule has 0 aromatic carbocycles. The van der Waals surface area contributed by atoms with E-state index in [-0.39, 0.29) is 18.1 Å². The van der Waals surface area contributed by atoms with Gasteiger partial charge in [0.25, 0.3) is 0 Å². The largest absolute Gasteiger partial charge is 0.468 e. The zero-order valence-electron chi connectivity index (χ0n) is 6.54. The monoisotopic (exact) mass is 156 g/mol. The molecule has 0 spiro atoms. The van der Waals surface area contributed by atoms with Crippen molar-refractivity contribution >= 4 is 12.7 Å². The molecule has 1 saturated heterocycles. The molecule has 0 saturated carbocycles. The molecule has 1 rings (SSSR count). The van der Waals surface area contributed by atoms with Crippen LogP contribution in [0.3, 0.4) is 0 Å². The minimum absolute atomic E-state index is 0.166. The highest BCUT2D eigenvalue weighted by atomic mass is 16.5. The predicted octanol–water partition coefficient (Wildman–Crippen LogP) is -0.410. The molecule has 2 atom stereocenters. The van der Waals surface area contributed by atoms with Crippen LogP contribution in [0.1, 0.15) is 6.42 Å². The van der Waals surface area contributed by atoms with Crippen molar-refractivity contribution in [2.24, 2.45) is 4.99 Å². The number of rotatable bonds is 2. The maximum absolute atomic E-state index is 10.9. The average molecular weight is 156 g/mol. The predicted molar refractivity (Wildman–Crippen MR) is 41.8 cm³/mol. The van der Waals surface area contributed by atoms with E-state index in [9.17, 15) is 4.79 Å². The van der Waals surface area contributed by atoms with Crippen molar-refractivity contribution in [3.63, 3.8) is 0 Å². The highest BCUT2D eigenvalue weighted by Crippen LogP contribution is 2.10. The van der Waals surface area contributed by atoms with Crippen LogP contribution in [0.4, 0.5) is 0 Å². The molecule has 4 heteroatoms. The van der Waals surface area contributed by atoms with Gasteiger partial charge in [-0.1, -0.05) is 0 Å². The number of carbonyl (C=O) groups excluding carboxylic acids is 1. The molecule has 62 valence electrons. The van der Waals surface area contributed by atoms with E-state index in [1.165, 1.54) is 7.11 Å². The second kappa shape index (κ2) is 3.48. The van der Waals surface area contributed by atoms with E-state index >= 15 is 0 Å². The molecule has 1 fully saturated rings. The number of ether oxygens (including phenoxy) is 1. The fourth-order valence-electron chi connectivity index (χ4n) is 1.18. The summed E-state index contributed by atoms with van der Waals surface area (Å²) in [5, 5.41) is 3.00. The van der Waals surface area contributed by atoms with E-state index in [0.29, 0.717) is 6.42 Å². The van der Waals surface area contributed by atoms with Gasteiger partial charge in [-0.05, 0) is 13.1 Å². The number of hydrogen-bond acceptors (Lipinski definition) is 4.